The maximum atomic E-state index is 5.83. The fourth-order valence-electron chi connectivity index (χ4n) is 2.81. The van der Waals surface area contributed by atoms with Crippen molar-refractivity contribution < 1.29 is 4.74 Å². The molecule has 0 spiro atoms. The predicted octanol–water partition coefficient (Wildman–Crippen LogP) is 4.09. The van der Waals surface area contributed by atoms with Gasteiger partial charge in [0.2, 0.25) is 0 Å². The smallest absolute Gasteiger partial charge is 0.124 e. The standard InChI is InChI=1S/C17H27NO/c1-5-9-18-17(14-11-13(14)4)15-10-12(3)7-8-16(15)19-6-2/h7-8,10,13-14,17-18H,5-6,9,11H2,1-4H3. The van der Waals surface area contributed by atoms with E-state index in [0.29, 0.717) is 6.04 Å². The molecule has 1 aromatic carbocycles. The Kier molecular flexibility index (Phi) is 4.87. The van der Waals surface area contributed by atoms with Gasteiger partial charge in [0.05, 0.1) is 6.61 Å². The van der Waals surface area contributed by atoms with Crippen LogP contribution < -0.4 is 10.1 Å². The Morgan fingerprint density at radius 3 is 2.68 bits per heavy atom. The van der Waals surface area contributed by atoms with Gasteiger partial charge in [-0.25, -0.2) is 0 Å². The highest BCUT2D eigenvalue weighted by Crippen LogP contribution is 2.48. The van der Waals surface area contributed by atoms with Crippen molar-refractivity contribution >= 4 is 0 Å². The minimum Gasteiger partial charge on any atom is -0.494 e. The summed E-state index contributed by atoms with van der Waals surface area (Å²) in [6.45, 7) is 10.6. The molecule has 0 heterocycles. The van der Waals surface area contributed by atoms with Crippen LogP contribution in [-0.4, -0.2) is 13.2 Å². The minimum absolute atomic E-state index is 0.455. The topological polar surface area (TPSA) is 21.3 Å². The number of aryl methyl sites for hydroxylation is 1. The number of ether oxygens (including phenoxy) is 1. The zero-order valence-corrected chi connectivity index (χ0v) is 12.7. The van der Waals surface area contributed by atoms with Crippen molar-refractivity contribution in [3.63, 3.8) is 0 Å². The van der Waals surface area contributed by atoms with Crippen molar-refractivity contribution in [2.45, 2.75) is 46.6 Å². The lowest BCUT2D eigenvalue weighted by molar-refractivity contribution is 0.327. The number of hydrogen-bond donors (Lipinski definition) is 1. The summed E-state index contributed by atoms with van der Waals surface area (Å²) in [5, 5.41) is 3.72. The van der Waals surface area contributed by atoms with E-state index in [-0.39, 0.29) is 0 Å². The summed E-state index contributed by atoms with van der Waals surface area (Å²) in [5.74, 6) is 2.66. The molecular weight excluding hydrogens is 234 g/mol. The second-order valence-electron chi connectivity index (χ2n) is 5.78. The minimum atomic E-state index is 0.455. The third-order valence-corrected chi connectivity index (χ3v) is 4.01. The molecule has 0 aliphatic heterocycles. The molecule has 1 aromatic rings. The predicted molar refractivity (Wildman–Crippen MR) is 80.7 cm³/mol. The molecule has 1 aliphatic carbocycles. The van der Waals surface area contributed by atoms with Crippen LogP contribution in [0.4, 0.5) is 0 Å². The first kappa shape index (κ1) is 14.4. The lowest BCUT2D eigenvalue weighted by Crippen LogP contribution is -2.25. The van der Waals surface area contributed by atoms with Gasteiger partial charge in [-0.1, -0.05) is 31.5 Å². The van der Waals surface area contributed by atoms with Crippen LogP contribution in [0, 0.1) is 18.8 Å². The summed E-state index contributed by atoms with van der Waals surface area (Å²) in [6.07, 6.45) is 2.51. The summed E-state index contributed by atoms with van der Waals surface area (Å²) >= 11 is 0. The molecule has 1 fully saturated rings. The Morgan fingerprint density at radius 2 is 2.11 bits per heavy atom. The molecule has 0 saturated heterocycles. The average Bonchev–Trinajstić information content (AvgIpc) is 3.10. The van der Waals surface area contributed by atoms with E-state index in [2.05, 4.69) is 51.2 Å². The van der Waals surface area contributed by atoms with Crippen molar-refractivity contribution in [3.05, 3.63) is 29.3 Å². The molecule has 0 amide bonds. The van der Waals surface area contributed by atoms with E-state index in [0.717, 1.165) is 30.7 Å². The van der Waals surface area contributed by atoms with Crippen molar-refractivity contribution in [2.24, 2.45) is 11.8 Å². The fraction of sp³-hybridized carbons (Fsp3) is 0.647. The van der Waals surface area contributed by atoms with E-state index in [1.54, 1.807) is 0 Å². The number of benzene rings is 1. The van der Waals surface area contributed by atoms with Crippen molar-refractivity contribution in [1.29, 1.82) is 0 Å². The molecule has 2 rings (SSSR count). The highest BCUT2D eigenvalue weighted by molar-refractivity contribution is 5.40. The lowest BCUT2D eigenvalue weighted by Gasteiger charge is -2.22. The first-order valence-corrected chi connectivity index (χ1v) is 7.64. The van der Waals surface area contributed by atoms with Crippen molar-refractivity contribution in [1.82, 2.24) is 5.32 Å². The average molecular weight is 261 g/mol. The quantitative estimate of drug-likeness (QED) is 0.798. The SMILES string of the molecule is CCCNC(c1cc(C)ccc1OCC)C1CC1C. The van der Waals surface area contributed by atoms with Crippen LogP contribution in [-0.2, 0) is 0 Å². The van der Waals surface area contributed by atoms with E-state index in [4.69, 9.17) is 4.74 Å². The van der Waals surface area contributed by atoms with Crippen LogP contribution in [0.15, 0.2) is 18.2 Å². The van der Waals surface area contributed by atoms with Gasteiger partial charge < -0.3 is 10.1 Å². The molecule has 0 radical (unpaired) electrons. The molecule has 2 heteroatoms. The monoisotopic (exact) mass is 261 g/mol. The second-order valence-corrected chi connectivity index (χ2v) is 5.78. The highest BCUT2D eigenvalue weighted by Gasteiger charge is 2.40. The van der Waals surface area contributed by atoms with Crippen LogP contribution in [0.1, 0.15) is 50.8 Å². The first-order valence-electron chi connectivity index (χ1n) is 7.64. The van der Waals surface area contributed by atoms with Gasteiger partial charge in [-0.3, -0.25) is 0 Å². The molecule has 1 aliphatic rings. The Bertz CT molecular complexity index is 416. The molecule has 3 atom stereocenters. The molecule has 2 nitrogen and oxygen atoms in total. The van der Waals surface area contributed by atoms with E-state index in [9.17, 15) is 0 Å². The second kappa shape index (κ2) is 6.42. The van der Waals surface area contributed by atoms with E-state index in [1.807, 2.05) is 0 Å². The summed E-state index contributed by atoms with van der Waals surface area (Å²) in [4.78, 5) is 0. The van der Waals surface area contributed by atoms with Gasteiger partial charge in [0.15, 0.2) is 0 Å². The third-order valence-electron chi connectivity index (χ3n) is 4.01. The molecule has 3 unspecified atom stereocenters. The first-order chi connectivity index (χ1) is 9.17. The molecule has 1 N–H and O–H groups in total. The third kappa shape index (κ3) is 3.50. The molecule has 1 saturated carbocycles. The zero-order valence-electron chi connectivity index (χ0n) is 12.7. The van der Waals surface area contributed by atoms with Crippen LogP contribution in [0.2, 0.25) is 0 Å². The summed E-state index contributed by atoms with van der Waals surface area (Å²) in [7, 11) is 0. The van der Waals surface area contributed by atoms with E-state index in [1.165, 1.54) is 24.0 Å². The molecule has 106 valence electrons. The number of nitrogens with one attached hydrogen (secondary N) is 1. The van der Waals surface area contributed by atoms with Crippen LogP contribution >= 0.6 is 0 Å². The molecular formula is C17H27NO. The Labute approximate surface area is 117 Å². The van der Waals surface area contributed by atoms with Crippen molar-refractivity contribution in [2.75, 3.05) is 13.2 Å². The molecule has 0 bridgehead atoms. The lowest BCUT2D eigenvalue weighted by atomic mass is 9.98. The van der Waals surface area contributed by atoms with Crippen LogP contribution in [0.25, 0.3) is 0 Å². The maximum absolute atomic E-state index is 5.83. The number of rotatable bonds is 7. The van der Waals surface area contributed by atoms with Gasteiger partial charge in [0.25, 0.3) is 0 Å². The highest BCUT2D eigenvalue weighted by atomic mass is 16.5. The van der Waals surface area contributed by atoms with Gasteiger partial charge >= 0.3 is 0 Å². The number of hydrogen-bond acceptors (Lipinski definition) is 2. The summed E-state index contributed by atoms with van der Waals surface area (Å²) in [5.41, 5.74) is 2.67. The van der Waals surface area contributed by atoms with Crippen molar-refractivity contribution in [3.8, 4) is 5.75 Å². The van der Waals surface area contributed by atoms with E-state index >= 15 is 0 Å². The van der Waals surface area contributed by atoms with Crippen LogP contribution in [0.5, 0.6) is 5.75 Å². The Morgan fingerprint density at radius 1 is 1.37 bits per heavy atom. The van der Waals surface area contributed by atoms with Gasteiger partial charge in [-0.15, -0.1) is 0 Å². The summed E-state index contributed by atoms with van der Waals surface area (Å²) < 4.78 is 5.83. The maximum Gasteiger partial charge on any atom is 0.124 e. The van der Waals surface area contributed by atoms with Gasteiger partial charge in [0.1, 0.15) is 5.75 Å². The van der Waals surface area contributed by atoms with Gasteiger partial charge in [-0.05, 0) is 51.1 Å². The van der Waals surface area contributed by atoms with Gasteiger partial charge in [-0.2, -0.15) is 0 Å². The summed E-state index contributed by atoms with van der Waals surface area (Å²) in [6, 6.07) is 7.02. The molecule has 19 heavy (non-hydrogen) atoms. The fourth-order valence-corrected chi connectivity index (χ4v) is 2.81. The Hall–Kier alpha value is -1.02. The normalized spacial score (nSPS) is 23.2. The van der Waals surface area contributed by atoms with Gasteiger partial charge in [0, 0.05) is 11.6 Å². The van der Waals surface area contributed by atoms with Crippen LogP contribution in [0.3, 0.4) is 0 Å². The Balaban J connectivity index is 2.25. The zero-order chi connectivity index (χ0) is 13.8. The molecule has 0 aromatic heterocycles. The van der Waals surface area contributed by atoms with E-state index < -0.39 is 0 Å². The largest absolute Gasteiger partial charge is 0.494 e.